The maximum Gasteiger partial charge on any atom is 0.270 e. The van der Waals surface area contributed by atoms with Crippen LogP contribution in [0.5, 0.6) is 11.5 Å². The number of aliphatic hydroxyl groups is 4. The number of hydrogen-bond acceptors (Lipinski definition) is 7. The molecule has 7 heteroatoms. The van der Waals surface area contributed by atoms with Crippen molar-refractivity contribution >= 4 is 0 Å². The van der Waals surface area contributed by atoms with Crippen LogP contribution >= 0.6 is 0 Å². The minimum atomic E-state index is -1.59. The molecule has 1 spiro atoms. The van der Waals surface area contributed by atoms with Crippen LogP contribution in [0.1, 0.15) is 23.6 Å². The molecule has 4 N–H and O–H groups in total. The van der Waals surface area contributed by atoms with Crippen molar-refractivity contribution in [3.63, 3.8) is 0 Å². The van der Waals surface area contributed by atoms with E-state index in [0.29, 0.717) is 24.3 Å². The summed E-state index contributed by atoms with van der Waals surface area (Å²) >= 11 is 0. The van der Waals surface area contributed by atoms with Crippen molar-refractivity contribution in [1.29, 1.82) is 0 Å². The minimum Gasteiger partial charge on any atom is -0.494 e. The second-order valence-electron chi connectivity index (χ2n) is 7.12. The summed E-state index contributed by atoms with van der Waals surface area (Å²) in [4.78, 5) is 0. The van der Waals surface area contributed by atoms with E-state index in [4.69, 9.17) is 14.2 Å². The first-order valence-electron chi connectivity index (χ1n) is 9.35. The average Bonchev–Trinajstić information content (AvgIpc) is 2.69. The van der Waals surface area contributed by atoms with E-state index < -0.39 is 36.8 Å². The predicted octanol–water partition coefficient (Wildman–Crippen LogP) is 0.695. The fraction of sp³-hybridized carbons (Fsp3) is 0.429. The van der Waals surface area contributed by atoms with Gasteiger partial charge in [0.15, 0.2) is 6.10 Å². The molecule has 2 aromatic rings. The fourth-order valence-corrected chi connectivity index (χ4v) is 3.77. The van der Waals surface area contributed by atoms with Crippen molar-refractivity contribution < 1.29 is 34.6 Å². The number of hydrogen-bond donors (Lipinski definition) is 4. The molecule has 0 amide bonds. The molecule has 2 aliphatic rings. The van der Waals surface area contributed by atoms with Crippen molar-refractivity contribution in [2.75, 3.05) is 13.2 Å². The number of rotatable bonds is 5. The summed E-state index contributed by atoms with van der Waals surface area (Å²) in [7, 11) is 0. The summed E-state index contributed by atoms with van der Waals surface area (Å²) in [6, 6.07) is 13.4. The van der Waals surface area contributed by atoms with Gasteiger partial charge in [-0.1, -0.05) is 18.2 Å². The zero-order valence-electron chi connectivity index (χ0n) is 15.5. The van der Waals surface area contributed by atoms with E-state index in [1.165, 1.54) is 0 Å². The number of ether oxygens (including phenoxy) is 3. The topological polar surface area (TPSA) is 109 Å². The van der Waals surface area contributed by atoms with E-state index in [1.807, 2.05) is 43.3 Å². The normalized spacial score (nSPS) is 31.0. The van der Waals surface area contributed by atoms with E-state index >= 15 is 0 Å². The molecule has 2 heterocycles. The van der Waals surface area contributed by atoms with Crippen molar-refractivity contribution in [3.8, 4) is 11.5 Å². The van der Waals surface area contributed by atoms with Gasteiger partial charge in [-0.3, -0.25) is 0 Å². The first-order valence-corrected chi connectivity index (χ1v) is 9.35. The second kappa shape index (κ2) is 7.35. The highest BCUT2D eigenvalue weighted by Crippen LogP contribution is 2.51. The standard InChI is InChI=1S/C21H24O7/c1-2-26-14-6-3-12(4-7-14)9-13-5-8-16-15(10-13)21(27-16)20(25)19(24)18(23)17(11-22)28-21/h3-8,10,17-20,22-25H,2,9,11H2,1H3. The molecule has 0 saturated carbocycles. The number of fused-ring (bicyclic) bond motifs is 2. The van der Waals surface area contributed by atoms with Gasteiger partial charge in [-0.05, 0) is 48.7 Å². The summed E-state index contributed by atoms with van der Waals surface area (Å²) in [6.45, 7) is 2.05. The Morgan fingerprint density at radius 2 is 1.71 bits per heavy atom. The maximum atomic E-state index is 10.5. The van der Waals surface area contributed by atoms with Crippen LogP contribution in [0.4, 0.5) is 0 Å². The molecular formula is C21H24O7. The monoisotopic (exact) mass is 388 g/mol. The third-order valence-electron chi connectivity index (χ3n) is 5.27. The van der Waals surface area contributed by atoms with Gasteiger partial charge in [-0.15, -0.1) is 0 Å². The Kier molecular flexibility index (Phi) is 5.03. The molecule has 4 rings (SSSR count). The van der Waals surface area contributed by atoms with Gasteiger partial charge in [0.1, 0.15) is 29.8 Å². The van der Waals surface area contributed by atoms with Gasteiger partial charge in [0.05, 0.1) is 18.8 Å². The van der Waals surface area contributed by atoms with E-state index in [-0.39, 0.29) is 0 Å². The molecule has 0 aliphatic carbocycles. The summed E-state index contributed by atoms with van der Waals surface area (Å²) in [6.07, 6.45) is -4.76. The van der Waals surface area contributed by atoms with Crippen LogP contribution in [-0.4, -0.2) is 58.1 Å². The quantitative estimate of drug-likeness (QED) is 0.597. The van der Waals surface area contributed by atoms with Crippen molar-refractivity contribution in [2.24, 2.45) is 0 Å². The third kappa shape index (κ3) is 3.05. The van der Waals surface area contributed by atoms with Gasteiger partial charge in [-0.2, -0.15) is 0 Å². The lowest BCUT2D eigenvalue weighted by atomic mass is 9.83. The Morgan fingerprint density at radius 1 is 1.00 bits per heavy atom. The van der Waals surface area contributed by atoms with Crippen LogP contribution < -0.4 is 9.47 Å². The van der Waals surface area contributed by atoms with Crippen molar-refractivity contribution in [3.05, 3.63) is 59.2 Å². The van der Waals surface area contributed by atoms with Crippen LogP contribution in [0.3, 0.4) is 0 Å². The van der Waals surface area contributed by atoms with Gasteiger partial charge in [0, 0.05) is 0 Å². The minimum absolute atomic E-state index is 0.503. The van der Waals surface area contributed by atoms with Crippen LogP contribution in [0.15, 0.2) is 42.5 Å². The number of aliphatic hydroxyl groups excluding tert-OH is 4. The average molecular weight is 388 g/mol. The van der Waals surface area contributed by atoms with E-state index in [0.717, 1.165) is 16.9 Å². The highest BCUT2D eigenvalue weighted by molar-refractivity contribution is 5.49. The zero-order valence-corrected chi connectivity index (χ0v) is 15.5. The molecule has 0 radical (unpaired) electrons. The summed E-state index contributed by atoms with van der Waals surface area (Å²) in [5.74, 6) is -0.234. The van der Waals surface area contributed by atoms with Gasteiger partial charge in [0.2, 0.25) is 0 Å². The van der Waals surface area contributed by atoms with E-state index in [9.17, 15) is 20.4 Å². The Labute approximate surface area is 162 Å². The fourth-order valence-electron chi connectivity index (χ4n) is 3.77. The lowest BCUT2D eigenvalue weighted by Crippen LogP contribution is -2.68. The van der Waals surface area contributed by atoms with Gasteiger partial charge >= 0.3 is 0 Å². The zero-order chi connectivity index (χ0) is 19.9. The first kappa shape index (κ1) is 19.2. The molecule has 5 unspecified atom stereocenters. The van der Waals surface area contributed by atoms with E-state index in [1.54, 1.807) is 6.07 Å². The first-order chi connectivity index (χ1) is 13.5. The second-order valence-corrected chi connectivity index (χ2v) is 7.12. The molecular weight excluding hydrogens is 364 g/mol. The third-order valence-corrected chi connectivity index (χ3v) is 5.27. The van der Waals surface area contributed by atoms with Gasteiger partial charge < -0.3 is 34.6 Å². The molecule has 2 aliphatic heterocycles. The highest BCUT2D eigenvalue weighted by atomic mass is 16.7. The van der Waals surface area contributed by atoms with Crippen LogP contribution in [0.25, 0.3) is 0 Å². The van der Waals surface area contributed by atoms with Crippen LogP contribution in [0.2, 0.25) is 0 Å². The summed E-state index contributed by atoms with van der Waals surface area (Å²) < 4.78 is 16.8. The predicted molar refractivity (Wildman–Crippen MR) is 99.1 cm³/mol. The lowest BCUT2D eigenvalue weighted by Gasteiger charge is -2.53. The maximum absolute atomic E-state index is 10.5. The van der Waals surface area contributed by atoms with Crippen LogP contribution in [-0.2, 0) is 16.9 Å². The molecule has 1 saturated heterocycles. The number of benzene rings is 2. The Morgan fingerprint density at radius 3 is 2.39 bits per heavy atom. The van der Waals surface area contributed by atoms with E-state index in [2.05, 4.69) is 0 Å². The molecule has 150 valence electrons. The smallest absolute Gasteiger partial charge is 0.270 e. The molecule has 7 nitrogen and oxygen atoms in total. The highest BCUT2D eigenvalue weighted by Gasteiger charge is 2.62. The Balaban J connectivity index is 1.58. The molecule has 28 heavy (non-hydrogen) atoms. The van der Waals surface area contributed by atoms with Gasteiger partial charge in [0.25, 0.3) is 5.79 Å². The Bertz CT molecular complexity index is 835. The lowest BCUT2D eigenvalue weighted by molar-refractivity contribution is -0.362. The van der Waals surface area contributed by atoms with Crippen molar-refractivity contribution in [2.45, 2.75) is 43.5 Å². The SMILES string of the molecule is CCOc1ccc(Cc2ccc3c(c2)C2(O3)OC(CO)C(O)C(O)C2O)cc1. The summed E-state index contributed by atoms with van der Waals surface area (Å²) in [5.41, 5.74) is 2.65. The molecule has 2 aromatic carbocycles. The van der Waals surface area contributed by atoms with Gasteiger partial charge in [-0.25, -0.2) is 0 Å². The Hall–Kier alpha value is -2.16. The largest absolute Gasteiger partial charge is 0.494 e. The molecule has 0 bridgehead atoms. The molecule has 5 atom stereocenters. The molecule has 0 aromatic heterocycles. The van der Waals surface area contributed by atoms with Crippen molar-refractivity contribution in [1.82, 2.24) is 0 Å². The molecule has 1 fully saturated rings. The summed E-state index contributed by atoms with van der Waals surface area (Å²) in [5, 5.41) is 40.0. The van der Waals surface area contributed by atoms with Crippen LogP contribution in [0, 0.1) is 0 Å².